The molecule has 0 amide bonds. The molecule has 6 rings (SSSR count). The quantitative estimate of drug-likeness (QED) is 0.143. The fourth-order valence-electron chi connectivity index (χ4n) is 6.06. The summed E-state index contributed by atoms with van der Waals surface area (Å²) in [4.78, 5) is 0. The van der Waals surface area contributed by atoms with E-state index >= 15 is 0 Å². The monoisotopic (exact) mass is 710 g/mol. The summed E-state index contributed by atoms with van der Waals surface area (Å²) in [6.07, 6.45) is 0. The van der Waals surface area contributed by atoms with E-state index in [9.17, 15) is 5.11 Å². The van der Waals surface area contributed by atoms with E-state index in [1.165, 1.54) is 0 Å². The van der Waals surface area contributed by atoms with E-state index in [0.717, 1.165) is 27.3 Å². The molecule has 6 aromatic carbocycles. The lowest BCUT2D eigenvalue weighted by Crippen LogP contribution is -2.17. The molecule has 266 valence electrons. The Bertz CT molecular complexity index is 2060. The Hall–Kier alpha value is -5.25. The van der Waals surface area contributed by atoms with Crippen LogP contribution >= 0.6 is 8.58 Å². The summed E-state index contributed by atoms with van der Waals surface area (Å²) in [6.45, 7) is 13.0. The van der Waals surface area contributed by atoms with Gasteiger partial charge in [-0.05, 0) is 87.4 Å². The third-order valence-corrected chi connectivity index (χ3v) is 10.4. The highest BCUT2D eigenvalue weighted by atomic mass is 31.1. The zero-order chi connectivity index (χ0) is 37.0. The number of methoxy groups -OCH3 is 2. The molecule has 1 atom stereocenters. The first-order chi connectivity index (χ1) is 24.9. The summed E-state index contributed by atoms with van der Waals surface area (Å²) in [5, 5.41) is 14.1. The first kappa shape index (κ1) is 36.5. The smallest absolute Gasteiger partial charge is 0.139 e. The van der Waals surface area contributed by atoms with Gasteiger partial charge in [-0.3, -0.25) is 0 Å². The van der Waals surface area contributed by atoms with Crippen molar-refractivity contribution in [3.63, 3.8) is 0 Å². The number of phenols is 1. The summed E-state index contributed by atoms with van der Waals surface area (Å²) >= 11 is 0. The van der Waals surface area contributed by atoms with Gasteiger partial charge in [-0.2, -0.15) is 0 Å². The van der Waals surface area contributed by atoms with E-state index in [1.807, 2.05) is 109 Å². The zero-order valence-corrected chi connectivity index (χ0v) is 32.2. The molecule has 6 heteroatoms. The van der Waals surface area contributed by atoms with Gasteiger partial charge in [-0.1, -0.05) is 123 Å². The average molecular weight is 711 g/mol. The SMILES string of the molecule is COc1cc(C(C)(C)C)cc(OC)c1-c1c(Pc2c(Oc3ccccc3)cc(C(C)(C)C)cc2Oc2ccccc2)ccc(-c2ccccc2)c1O. The van der Waals surface area contributed by atoms with Crippen LogP contribution in [0.15, 0.2) is 127 Å². The van der Waals surface area contributed by atoms with E-state index in [1.54, 1.807) is 14.2 Å². The van der Waals surface area contributed by atoms with Crippen LogP contribution in [-0.2, 0) is 10.8 Å². The van der Waals surface area contributed by atoms with Crippen LogP contribution in [0.5, 0.6) is 40.2 Å². The molecular weight excluding hydrogens is 663 g/mol. The first-order valence-electron chi connectivity index (χ1n) is 17.5. The van der Waals surface area contributed by atoms with Crippen LogP contribution in [0.2, 0.25) is 0 Å². The van der Waals surface area contributed by atoms with Crippen LogP contribution < -0.4 is 29.6 Å². The Balaban J connectivity index is 1.65. The number of para-hydroxylation sites is 2. The molecule has 0 aliphatic rings. The third-order valence-electron chi connectivity index (χ3n) is 9.02. The Morgan fingerprint density at radius 2 is 0.923 bits per heavy atom. The lowest BCUT2D eigenvalue weighted by atomic mass is 9.85. The van der Waals surface area contributed by atoms with Crippen LogP contribution in [0.25, 0.3) is 22.3 Å². The molecule has 0 fully saturated rings. The van der Waals surface area contributed by atoms with Crippen molar-refractivity contribution in [2.24, 2.45) is 0 Å². The van der Waals surface area contributed by atoms with Crippen molar-refractivity contribution in [2.75, 3.05) is 14.2 Å². The highest BCUT2D eigenvalue weighted by Crippen LogP contribution is 2.49. The highest BCUT2D eigenvalue weighted by molar-refractivity contribution is 7.56. The maximum Gasteiger partial charge on any atom is 0.139 e. The van der Waals surface area contributed by atoms with E-state index in [0.29, 0.717) is 51.2 Å². The van der Waals surface area contributed by atoms with Crippen molar-refractivity contribution in [1.82, 2.24) is 0 Å². The molecular formula is C46H47O5P. The predicted octanol–water partition coefficient (Wildman–Crippen LogP) is 11.6. The van der Waals surface area contributed by atoms with Crippen molar-refractivity contribution >= 4 is 19.2 Å². The van der Waals surface area contributed by atoms with Crippen LogP contribution in [0.3, 0.4) is 0 Å². The molecule has 0 heterocycles. The van der Waals surface area contributed by atoms with E-state index in [2.05, 4.69) is 59.7 Å². The summed E-state index contributed by atoms with van der Waals surface area (Å²) in [6, 6.07) is 41.9. The van der Waals surface area contributed by atoms with Gasteiger partial charge in [0.25, 0.3) is 0 Å². The Morgan fingerprint density at radius 1 is 0.500 bits per heavy atom. The molecule has 0 aliphatic heterocycles. The van der Waals surface area contributed by atoms with Gasteiger partial charge in [0.1, 0.15) is 40.2 Å². The van der Waals surface area contributed by atoms with Gasteiger partial charge >= 0.3 is 0 Å². The molecule has 0 spiro atoms. The average Bonchev–Trinajstić information content (AvgIpc) is 3.13. The number of ether oxygens (including phenoxy) is 4. The normalized spacial score (nSPS) is 11.8. The molecule has 0 aromatic heterocycles. The standard InChI is InChI=1S/C46H47O5P/c1-45(2,3)31-26-36(48-7)41(37(27-31)49-8)42-40(25-24-35(43(42)47)30-18-12-9-13-19-30)52-44-38(50-33-20-14-10-15-21-33)28-32(46(4,5)6)29-39(44)51-34-22-16-11-17-23-34/h9-29,47,52H,1-8H3. The number of rotatable bonds is 10. The molecule has 0 bridgehead atoms. The minimum Gasteiger partial charge on any atom is -0.507 e. The van der Waals surface area contributed by atoms with Crippen molar-refractivity contribution in [1.29, 1.82) is 0 Å². The second kappa shape index (κ2) is 15.2. The van der Waals surface area contributed by atoms with Crippen molar-refractivity contribution < 1.29 is 24.1 Å². The van der Waals surface area contributed by atoms with Crippen molar-refractivity contribution in [2.45, 2.75) is 52.4 Å². The summed E-state index contributed by atoms with van der Waals surface area (Å²) in [5.74, 6) is 4.16. The van der Waals surface area contributed by atoms with Gasteiger partial charge in [-0.25, -0.2) is 0 Å². The second-order valence-electron chi connectivity index (χ2n) is 14.8. The number of phenolic OH excluding ortho intramolecular Hbond substituents is 1. The zero-order valence-electron chi connectivity index (χ0n) is 31.2. The third kappa shape index (κ3) is 7.96. The fourth-order valence-corrected chi connectivity index (χ4v) is 7.36. The topological polar surface area (TPSA) is 57.2 Å². The molecule has 0 radical (unpaired) electrons. The molecule has 52 heavy (non-hydrogen) atoms. The van der Waals surface area contributed by atoms with E-state index in [-0.39, 0.29) is 25.2 Å². The summed E-state index contributed by atoms with van der Waals surface area (Å²) in [5.41, 5.74) is 4.68. The molecule has 1 unspecified atom stereocenters. The van der Waals surface area contributed by atoms with Crippen LogP contribution in [0.4, 0.5) is 0 Å². The largest absolute Gasteiger partial charge is 0.507 e. The van der Waals surface area contributed by atoms with Gasteiger partial charge in [0.05, 0.1) is 25.1 Å². The molecule has 0 saturated carbocycles. The number of benzene rings is 6. The molecule has 1 N–H and O–H groups in total. The molecule has 6 aromatic rings. The van der Waals surface area contributed by atoms with Gasteiger partial charge < -0.3 is 24.1 Å². The maximum absolute atomic E-state index is 12.4. The summed E-state index contributed by atoms with van der Waals surface area (Å²) in [7, 11) is 3.31. The van der Waals surface area contributed by atoms with Gasteiger partial charge in [-0.15, -0.1) is 0 Å². The fraction of sp³-hybridized carbons (Fsp3) is 0.217. The van der Waals surface area contributed by atoms with Crippen molar-refractivity contribution in [3.05, 3.63) is 139 Å². The van der Waals surface area contributed by atoms with Gasteiger partial charge in [0.15, 0.2) is 0 Å². The van der Waals surface area contributed by atoms with Gasteiger partial charge in [0.2, 0.25) is 0 Å². The molecule has 0 aliphatic carbocycles. The molecule has 0 saturated heterocycles. The van der Waals surface area contributed by atoms with E-state index < -0.39 is 0 Å². The second-order valence-corrected chi connectivity index (χ2v) is 16.1. The number of aromatic hydroxyl groups is 1. The maximum atomic E-state index is 12.4. The van der Waals surface area contributed by atoms with Gasteiger partial charge in [0, 0.05) is 11.1 Å². The number of hydrogen-bond donors (Lipinski definition) is 1. The first-order valence-corrected chi connectivity index (χ1v) is 18.5. The minimum absolute atomic E-state index is 0.00685. The van der Waals surface area contributed by atoms with Crippen molar-refractivity contribution in [3.8, 4) is 62.5 Å². The van der Waals surface area contributed by atoms with Crippen LogP contribution in [-0.4, -0.2) is 19.3 Å². The summed E-state index contributed by atoms with van der Waals surface area (Å²) < 4.78 is 25.7. The minimum atomic E-state index is -0.193. The lowest BCUT2D eigenvalue weighted by Gasteiger charge is -2.26. The Kier molecular flexibility index (Phi) is 10.6. The van der Waals surface area contributed by atoms with E-state index in [4.69, 9.17) is 18.9 Å². The Morgan fingerprint density at radius 3 is 1.35 bits per heavy atom. The van der Waals surface area contributed by atoms with Crippen LogP contribution in [0.1, 0.15) is 52.7 Å². The highest BCUT2D eigenvalue weighted by Gasteiger charge is 2.28. The predicted molar refractivity (Wildman–Crippen MR) is 217 cm³/mol. The Labute approximate surface area is 310 Å². The van der Waals surface area contributed by atoms with Crippen LogP contribution in [0, 0.1) is 0 Å². The number of hydrogen-bond acceptors (Lipinski definition) is 5. The lowest BCUT2D eigenvalue weighted by molar-refractivity contribution is 0.393. The molecule has 5 nitrogen and oxygen atoms in total.